The van der Waals surface area contributed by atoms with E-state index < -0.39 is 0 Å². The van der Waals surface area contributed by atoms with E-state index >= 15 is 0 Å². The molecule has 6 heteroatoms. The summed E-state index contributed by atoms with van der Waals surface area (Å²) in [7, 11) is 0. The second-order valence-electron chi connectivity index (χ2n) is 3.12. The van der Waals surface area contributed by atoms with E-state index in [2.05, 4.69) is 15.2 Å². The van der Waals surface area contributed by atoms with Crippen molar-refractivity contribution in [2.45, 2.75) is 6.92 Å². The van der Waals surface area contributed by atoms with E-state index in [4.69, 9.17) is 21.8 Å². The predicted octanol–water partition coefficient (Wildman–Crippen LogP) is 3.63. The average molecular weight is 237 g/mol. The van der Waals surface area contributed by atoms with Crippen LogP contribution in [0.5, 0.6) is 0 Å². The van der Waals surface area contributed by atoms with Gasteiger partial charge in [-0.25, -0.2) is 0 Å². The lowest BCUT2D eigenvalue weighted by Crippen LogP contribution is -1.81. The molecule has 0 unspecified atom stereocenters. The molecule has 0 aliphatic heterocycles. The quantitative estimate of drug-likeness (QED) is 0.809. The van der Waals surface area contributed by atoms with E-state index in [1.165, 1.54) is 0 Å². The number of benzene rings is 1. The Labute approximate surface area is 97.0 Å². The van der Waals surface area contributed by atoms with Gasteiger partial charge in [0, 0.05) is 5.02 Å². The van der Waals surface area contributed by atoms with Crippen molar-refractivity contribution in [1.82, 2.24) is 4.98 Å². The molecule has 0 radical (unpaired) electrons. The fourth-order valence-electron chi connectivity index (χ4n) is 1.11. The smallest absolute Gasteiger partial charge is 0.294 e. The zero-order valence-electron chi connectivity index (χ0n) is 8.51. The van der Waals surface area contributed by atoms with Crippen molar-refractivity contribution in [3.63, 3.8) is 0 Å². The molecule has 82 valence electrons. The maximum atomic E-state index is 5.74. The second kappa shape index (κ2) is 4.32. The largest absolute Gasteiger partial charge is 0.403 e. The predicted molar refractivity (Wildman–Crippen MR) is 61.3 cm³/mol. The van der Waals surface area contributed by atoms with E-state index in [-0.39, 0.29) is 6.01 Å². The normalized spacial score (nSPS) is 11.1. The number of halogens is 1. The van der Waals surface area contributed by atoms with Crippen LogP contribution in [0.25, 0.3) is 0 Å². The third-order valence-corrected chi connectivity index (χ3v) is 2.12. The molecular formula is C10H9ClN4O. The average Bonchev–Trinajstić information content (AvgIpc) is 2.57. The first-order chi connectivity index (χ1) is 7.65. The molecule has 0 aliphatic rings. The summed E-state index contributed by atoms with van der Waals surface area (Å²) in [5.41, 5.74) is 6.66. The number of nitrogen functional groups attached to an aromatic ring is 1. The van der Waals surface area contributed by atoms with Crippen molar-refractivity contribution < 1.29 is 4.42 Å². The van der Waals surface area contributed by atoms with Crippen molar-refractivity contribution in [2.24, 2.45) is 10.2 Å². The van der Waals surface area contributed by atoms with E-state index in [1.54, 1.807) is 31.2 Å². The summed E-state index contributed by atoms with van der Waals surface area (Å²) in [6, 6.07) is 7.05. The van der Waals surface area contributed by atoms with Crippen LogP contribution < -0.4 is 5.73 Å². The minimum atomic E-state index is 0.0857. The lowest BCUT2D eigenvalue weighted by atomic mass is 10.3. The van der Waals surface area contributed by atoms with Crippen LogP contribution in [0, 0.1) is 6.92 Å². The molecule has 1 heterocycles. The van der Waals surface area contributed by atoms with Gasteiger partial charge >= 0.3 is 0 Å². The highest BCUT2D eigenvalue weighted by molar-refractivity contribution is 6.30. The van der Waals surface area contributed by atoms with Crippen LogP contribution >= 0.6 is 11.6 Å². The number of nitrogens with two attached hydrogens (primary N) is 1. The molecule has 16 heavy (non-hydrogen) atoms. The Morgan fingerprint density at radius 1 is 1.25 bits per heavy atom. The molecule has 1 aromatic heterocycles. The number of aryl methyl sites for hydroxylation is 1. The zero-order chi connectivity index (χ0) is 11.5. The molecule has 5 nitrogen and oxygen atoms in total. The Kier molecular flexibility index (Phi) is 2.87. The standard InChI is InChI=1S/C10H9ClN4O/c1-6-9(16-10(12)13-6)15-14-8-4-2-7(11)3-5-8/h2-5H,1H3,(H2,12,13). The first-order valence-corrected chi connectivity index (χ1v) is 4.93. The number of rotatable bonds is 2. The SMILES string of the molecule is Cc1nc(N)oc1N=Nc1ccc(Cl)cc1. The van der Waals surface area contributed by atoms with E-state index in [0.717, 1.165) is 0 Å². The number of anilines is 1. The van der Waals surface area contributed by atoms with E-state index in [1.807, 2.05) is 0 Å². The summed E-state index contributed by atoms with van der Waals surface area (Å²) in [6.07, 6.45) is 0. The van der Waals surface area contributed by atoms with Crippen LogP contribution in [0.15, 0.2) is 38.9 Å². The Balaban J connectivity index is 2.21. The minimum absolute atomic E-state index is 0.0857. The summed E-state index contributed by atoms with van der Waals surface area (Å²) in [6.45, 7) is 1.75. The Bertz CT molecular complexity index is 518. The van der Waals surface area contributed by atoms with Crippen LogP contribution in [-0.2, 0) is 0 Å². The lowest BCUT2D eigenvalue weighted by Gasteiger charge is -1.91. The molecule has 2 N–H and O–H groups in total. The molecule has 0 saturated heterocycles. The van der Waals surface area contributed by atoms with Crippen LogP contribution in [0.3, 0.4) is 0 Å². The van der Waals surface area contributed by atoms with Crippen LogP contribution in [-0.4, -0.2) is 4.98 Å². The highest BCUT2D eigenvalue weighted by Crippen LogP contribution is 2.24. The first kappa shape index (κ1) is 10.6. The van der Waals surface area contributed by atoms with Crippen molar-refractivity contribution in [3.8, 4) is 0 Å². The highest BCUT2D eigenvalue weighted by Gasteiger charge is 2.05. The summed E-state index contributed by atoms with van der Waals surface area (Å²) in [4.78, 5) is 3.87. The molecule has 0 amide bonds. The monoisotopic (exact) mass is 236 g/mol. The molecule has 1 aromatic carbocycles. The number of oxazole rings is 1. The van der Waals surface area contributed by atoms with Gasteiger partial charge in [0.1, 0.15) is 5.69 Å². The van der Waals surface area contributed by atoms with E-state index in [0.29, 0.717) is 22.3 Å². The van der Waals surface area contributed by atoms with Gasteiger partial charge in [-0.3, -0.25) is 0 Å². The third kappa shape index (κ3) is 2.38. The van der Waals surface area contributed by atoms with Gasteiger partial charge in [-0.2, -0.15) is 4.98 Å². The molecule has 0 spiro atoms. The zero-order valence-corrected chi connectivity index (χ0v) is 9.27. The number of azo groups is 1. The fourth-order valence-corrected chi connectivity index (χ4v) is 1.24. The number of hydrogen-bond donors (Lipinski definition) is 1. The first-order valence-electron chi connectivity index (χ1n) is 4.55. The molecular weight excluding hydrogens is 228 g/mol. The van der Waals surface area contributed by atoms with Gasteiger partial charge in [-0.15, -0.1) is 10.2 Å². The van der Waals surface area contributed by atoms with Crippen molar-refractivity contribution in [3.05, 3.63) is 35.0 Å². The molecule has 0 saturated carbocycles. The number of hydrogen-bond acceptors (Lipinski definition) is 5. The third-order valence-electron chi connectivity index (χ3n) is 1.87. The van der Waals surface area contributed by atoms with Gasteiger partial charge in [0.15, 0.2) is 0 Å². The Morgan fingerprint density at radius 2 is 1.94 bits per heavy atom. The number of aromatic nitrogens is 1. The minimum Gasteiger partial charge on any atom is -0.403 e. The molecule has 0 fully saturated rings. The van der Waals surface area contributed by atoms with Gasteiger partial charge in [-0.1, -0.05) is 11.6 Å². The highest BCUT2D eigenvalue weighted by atomic mass is 35.5. The lowest BCUT2D eigenvalue weighted by molar-refractivity contribution is 0.584. The van der Waals surface area contributed by atoms with Gasteiger partial charge in [-0.05, 0) is 31.2 Å². The van der Waals surface area contributed by atoms with Crippen molar-refractivity contribution >= 4 is 29.2 Å². The van der Waals surface area contributed by atoms with Gasteiger partial charge in [0.05, 0.1) is 5.69 Å². The van der Waals surface area contributed by atoms with Gasteiger partial charge < -0.3 is 10.2 Å². The Morgan fingerprint density at radius 3 is 2.50 bits per heavy atom. The van der Waals surface area contributed by atoms with Crippen LogP contribution in [0.1, 0.15) is 5.69 Å². The molecule has 2 aromatic rings. The van der Waals surface area contributed by atoms with Gasteiger partial charge in [0.2, 0.25) is 0 Å². The molecule has 2 rings (SSSR count). The molecule has 0 aliphatic carbocycles. The van der Waals surface area contributed by atoms with Crippen LogP contribution in [0.4, 0.5) is 17.6 Å². The molecule has 0 atom stereocenters. The fraction of sp³-hybridized carbons (Fsp3) is 0.100. The van der Waals surface area contributed by atoms with Crippen molar-refractivity contribution in [2.75, 3.05) is 5.73 Å². The topological polar surface area (TPSA) is 76.8 Å². The summed E-state index contributed by atoms with van der Waals surface area (Å²) in [5.74, 6) is 0.312. The summed E-state index contributed by atoms with van der Waals surface area (Å²) in [5, 5.41) is 8.52. The molecule has 0 bridgehead atoms. The summed E-state index contributed by atoms with van der Waals surface area (Å²) >= 11 is 5.74. The van der Waals surface area contributed by atoms with Crippen LogP contribution in [0.2, 0.25) is 5.02 Å². The van der Waals surface area contributed by atoms with Gasteiger partial charge in [0.25, 0.3) is 11.9 Å². The van der Waals surface area contributed by atoms with Crippen molar-refractivity contribution in [1.29, 1.82) is 0 Å². The van der Waals surface area contributed by atoms with E-state index in [9.17, 15) is 0 Å². The second-order valence-corrected chi connectivity index (χ2v) is 3.56. The summed E-state index contributed by atoms with van der Waals surface area (Å²) < 4.78 is 5.04. The number of nitrogens with zero attached hydrogens (tertiary/aromatic N) is 3. The maximum Gasteiger partial charge on any atom is 0.294 e. The Hall–Kier alpha value is -1.88. The maximum absolute atomic E-state index is 5.74.